The van der Waals surface area contributed by atoms with Crippen molar-refractivity contribution in [1.29, 1.82) is 0 Å². The fourth-order valence-corrected chi connectivity index (χ4v) is 2.25. The molecule has 0 bridgehead atoms. The van der Waals surface area contributed by atoms with Crippen LogP contribution in [0.3, 0.4) is 0 Å². The molecule has 0 aliphatic rings. The van der Waals surface area contributed by atoms with Crippen LogP contribution in [0, 0.1) is 6.92 Å². The molecule has 1 amide bonds. The van der Waals surface area contributed by atoms with Crippen LogP contribution in [0.4, 0.5) is 0 Å². The van der Waals surface area contributed by atoms with E-state index in [1.165, 1.54) is 0 Å². The van der Waals surface area contributed by atoms with E-state index in [9.17, 15) is 4.79 Å². The molecule has 2 N–H and O–H groups in total. The number of primary amides is 1. The van der Waals surface area contributed by atoms with Crippen LogP contribution in [-0.2, 0) is 0 Å². The number of halogens is 1. The number of aryl methyl sites for hydroxylation is 1. The topological polar surface area (TPSA) is 73.8 Å². The van der Waals surface area contributed by atoms with Gasteiger partial charge in [0.15, 0.2) is 5.82 Å². The highest BCUT2D eigenvalue weighted by molar-refractivity contribution is 6.31. The zero-order chi connectivity index (χ0) is 15.7. The number of benzene rings is 2. The summed E-state index contributed by atoms with van der Waals surface area (Å²) in [5, 5.41) is 4.88. The number of amides is 1. The molecule has 0 saturated carbocycles. The predicted octanol–water partition coefficient (Wildman–Crippen LogP) is 3.00. The molecule has 2 aromatic carbocycles. The third-order valence-corrected chi connectivity index (χ3v) is 3.67. The number of carbonyl (C=O) groups is 1. The Kier molecular flexibility index (Phi) is 3.65. The van der Waals surface area contributed by atoms with Crippen molar-refractivity contribution >= 4 is 17.5 Å². The van der Waals surface area contributed by atoms with Gasteiger partial charge in [0.05, 0.1) is 5.69 Å². The predicted molar refractivity (Wildman–Crippen MR) is 85.1 cm³/mol. The second-order valence-electron chi connectivity index (χ2n) is 4.83. The van der Waals surface area contributed by atoms with Crippen molar-refractivity contribution in [3.8, 4) is 17.1 Å². The molecule has 0 saturated heterocycles. The van der Waals surface area contributed by atoms with Gasteiger partial charge in [0.25, 0.3) is 5.91 Å². The molecule has 0 spiro atoms. The third kappa shape index (κ3) is 2.58. The van der Waals surface area contributed by atoms with E-state index in [0.717, 1.165) is 16.8 Å². The fraction of sp³-hybridized carbons (Fsp3) is 0.0625. The van der Waals surface area contributed by atoms with Crippen LogP contribution < -0.4 is 5.73 Å². The lowest BCUT2D eigenvalue weighted by Gasteiger charge is -2.07. The largest absolute Gasteiger partial charge is 0.363 e. The molecule has 22 heavy (non-hydrogen) atoms. The van der Waals surface area contributed by atoms with Crippen LogP contribution in [0.15, 0.2) is 48.5 Å². The molecule has 0 unspecified atom stereocenters. The van der Waals surface area contributed by atoms with E-state index in [2.05, 4.69) is 10.1 Å². The van der Waals surface area contributed by atoms with Gasteiger partial charge in [-0.25, -0.2) is 9.67 Å². The number of nitrogens with zero attached hydrogens (tertiary/aromatic N) is 3. The summed E-state index contributed by atoms with van der Waals surface area (Å²) in [4.78, 5) is 15.7. The van der Waals surface area contributed by atoms with Gasteiger partial charge in [-0.3, -0.25) is 4.79 Å². The minimum atomic E-state index is -0.665. The summed E-state index contributed by atoms with van der Waals surface area (Å²) in [5.41, 5.74) is 7.83. The maximum Gasteiger partial charge on any atom is 0.288 e. The molecule has 3 rings (SSSR count). The van der Waals surface area contributed by atoms with E-state index in [-0.39, 0.29) is 5.82 Å². The van der Waals surface area contributed by atoms with E-state index in [1.54, 1.807) is 10.7 Å². The first-order valence-electron chi connectivity index (χ1n) is 6.65. The van der Waals surface area contributed by atoms with Crippen LogP contribution in [0.5, 0.6) is 0 Å². The van der Waals surface area contributed by atoms with Crippen LogP contribution in [0.2, 0.25) is 5.02 Å². The Bertz CT molecular complexity index is 843. The van der Waals surface area contributed by atoms with Crippen LogP contribution in [-0.4, -0.2) is 20.7 Å². The summed E-state index contributed by atoms with van der Waals surface area (Å²) in [6, 6.07) is 15.0. The maximum atomic E-state index is 11.4. The van der Waals surface area contributed by atoms with Crippen molar-refractivity contribution in [1.82, 2.24) is 14.8 Å². The van der Waals surface area contributed by atoms with Gasteiger partial charge in [-0.15, -0.1) is 5.10 Å². The molecule has 1 heterocycles. The quantitative estimate of drug-likeness (QED) is 0.808. The van der Waals surface area contributed by atoms with Gasteiger partial charge < -0.3 is 5.73 Å². The van der Waals surface area contributed by atoms with E-state index >= 15 is 0 Å². The zero-order valence-electron chi connectivity index (χ0n) is 11.8. The highest BCUT2D eigenvalue weighted by Gasteiger charge is 2.16. The monoisotopic (exact) mass is 312 g/mol. The van der Waals surface area contributed by atoms with Crippen molar-refractivity contribution < 1.29 is 4.79 Å². The van der Waals surface area contributed by atoms with Crippen LogP contribution in [0.1, 0.15) is 16.2 Å². The number of hydrogen-bond donors (Lipinski definition) is 1. The van der Waals surface area contributed by atoms with Crippen LogP contribution >= 0.6 is 11.6 Å². The average Bonchev–Trinajstić information content (AvgIpc) is 2.96. The van der Waals surface area contributed by atoms with Crippen LogP contribution in [0.25, 0.3) is 17.1 Å². The second-order valence-corrected chi connectivity index (χ2v) is 5.24. The van der Waals surface area contributed by atoms with Crippen molar-refractivity contribution in [2.75, 3.05) is 0 Å². The Balaban J connectivity index is 2.21. The fourth-order valence-electron chi connectivity index (χ4n) is 2.13. The van der Waals surface area contributed by atoms with E-state index in [0.29, 0.717) is 10.8 Å². The Hall–Kier alpha value is -2.66. The molecular formula is C16H13ClN4O. The molecule has 0 radical (unpaired) electrons. The molecule has 0 aliphatic heterocycles. The lowest BCUT2D eigenvalue weighted by molar-refractivity contribution is 0.0990. The first kappa shape index (κ1) is 14.3. The summed E-state index contributed by atoms with van der Waals surface area (Å²) in [5.74, 6) is -0.135. The molecule has 5 nitrogen and oxygen atoms in total. The van der Waals surface area contributed by atoms with Gasteiger partial charge in [-0.05, 0) is 30.7 Å². The number of carbonyl (C=O) groups excluding carboxylic acids is 1. The van der Waals surface area contributed by atoms with E-state index < -0.39 is 5.91 Å². The molecule has 0 fully saturated rings. The number of rotatable bonds is 3. The first-order valence-corrected chi connectivity index (χ1v) is 7.03. The maximum absolute atomic E-state index is 11.4. The average molecular weight is 313 g/mol. The Morgan fingerprint density at radius 2 is 1.91 bits per heavy atom. The Morgan fingerprint density at radius 1 is 1.18 bits per heavy atom. The molecule has 3 aromatic rings. The van der Waals surface area contributed by atoms with Gasteiger partial charge in [0.2, 0.25) is 5.82 Å². The number of nitrogens with two attached hydrogens (primary N) is 1. The molecule has 6 heteroatoms. The molecule has 0 atom stereocenters. The minimum absolute atomic E-state index is 0.0218. The molecule has 0 aliphatic carbocycles. The molecule has 110 valence electrons. The second kappa shape index (κ2) is 5.61. The van der Waals surface area contributed by atoms with Gasteiger partial charge in [0, 0.05) is 10.6 Å². The number of aromatic nitrogens is 3. The molecule has 1 aromatic heterocycles. The molecular weight excluding hydrogens is 300 g/mol. The highest BCUT2D eigenvalue weighted by atomic mass is 35.5. The third-order valence-electron chi connectivity index (χ3n) is 3.25. The smallest absolute Gasteiger partial charge is 0.288 e. The Morgan fingerprint density at radius 3 is 2.55 bits per heavy atom. The van der Waals surface area contributed by atoms with Gasteiger partial charge in [-0.1, -0.05) is 41.9 Å². The van der Waals surface area contributed by atoms with Crippen molar-refractivity contribution in [3.63, 3.8) is 0 Å². The number of hydrogen-bond acceptors (Lipinski definition) is 3. The van der Waals surface area contributed by atoms with Gasteiger partial charge in [-0.2, -0.15) is 0 Å². The summed E-state index contributed by atoms with van der Waals surface area (Å²) in [6.45, 7) is 1.90. The van der Waals surface area contributed by atoms with Gasteiger partial charge in [0.1, 0.15) is 0 Å². The van der Waals surface area contributed by atoms with Crippen molar-refractivity contribution in [3.05, 3.63) is 64.9 Å². The van der Waals surface area contributed by atoms with Crippen molar-refractivity contribution in [2.45, 2.75) is 6.92 Å². The summed E-state index contributed by atoms with van der Waals surface area (Å²) in [6.07, 6.45) is 0. The lowest BCUT2D eigenvalue weighted by atomic mass is 10.2. The Labute approximate surface area is 132 Å². The van der Waals surface area contributed by atoms with E-state index in [4.69, 9.17) is 17.3 Å². The first-order chi connectivity index (χ1) is 10.6. The lowest BCUT2D eigenvalue weighted by Crippen LogP contribution is -2.13. The van der Waals surface area contributed by atoms with Crippen molar-refractivity contribution in [2.24, 2.45) is 5.73 Å². The highest BCUT2D eigenvalue weighted by Crippen LogP contribution is 2.24. The minimum Gasteiger partial charge on any atom is -0.363 e. The normalized spacial score (nSPS) is 10.6. The van der Waals surface area contributed by atoms with Gasteiger partial charge >= 0.3 is 0 Å². The summed E-state index contributed by atoms with van der Waals surface area (Å²) in [7, 11) is 0. The standard InChI is InChI=1S/C16H13ClN4O/c1-10-9-12(7-8-13(10)17)21-16(11-5-3-2-4-6-11)19-15(20-21)14(18)22/h2-9H,1H3,(H2,18,22). The van der Waals surface area contributed by atoms with E-state index in [1.807, 2.05) is 49.4 Å². The summed E-state index contributed by atoms with van der Waals surface area (Å²) >= 11 is 6.06. The summed E-state index contributed by atoms with van der Waals surface area (Å²) < 4.78 is 1.60. The SMILES string of the molecule is Cc1cc(-n2nc(C(N)=O)nc2-c2ccccc2)ccc1Cl. The zero-order valence-corrected chi connectivity index (χ0v) is 12.6.